The van der Waals surface area contributed by atoms with Gasteiger partial charge in [0.2, 0.25) is 0 Å². The Morgan fingerprint density at radius 2 is 2.09 bits per heavy atom. The SMILES string of the molecule is CC(C)c1ccc(=O)[nH]c1O. The summed E-state index contributed by atoms with van der Waals surface area (Å²) in [7, 11) is 0. The van der Waals surface area contributed by atoms with E-state index in [4.69, 9.17) is 0 Å². The van der Waals surface area contributed by atoms with Crippen molar-refractivity contribution in [1.82, 2.24) is 4.98 Å². The Bertz CT molecular complexity index is 301. The van der Waals surface area contributed by atoms with Crippen LogP contribution in [0.15, 0.2) is 16.9 Å². The van der Waals surface area contributed by atoms with E-state index in [0.717, 1.165) is 5.56 Å². The lowest BCUT2D eigenvalue weighted by Gasteiger charge is -2.05. The predicted octanol–water partition coefficient (Wildman–Crippen LogP) is 1.20. The van der Waals surface area contributed by atoms with Gasteiger partial charge in [-0.3, -0.25) is 9.78 Å². The average Bonchev–Trinajstić information content (AvgIpc) is 1.85. The summed E-state index contributed by atoms with van der Waals surface area (Å²) in [6, 6.07) is 3.05. The van der Waals surface area contributed by atoms with E-state index in [2.05, 4.69) is 4.98 Å². The first-order valence-electron chi connectivity index (χ1n) is 3.53. The molecule has 0 aliphatic carbocycles. The van der Waals surface area contributed by atoms with Gasteiger partial charge in [0, 0.05) is 11.6 Å². The summed E-state index contributed by atoms with van der Waals surface area (Å²) in [5.41, 5.74) is 0.497. The van der Waals surface area contributed by atoms with Gasteiger partial charge in [0.1, 0.15) is 0 Å². The van der Waals surface area contributed by atoms with E-state index in [0.29, 0.717) is 0 Å². The summed E-state index contributed by atoms with van der Waals surface area (Å²) in [5.74, 6) is 0.208. The summed E-state index contributed by atoms with van der Waals surface area (Å²) in [6.07, 6.45) is 0. The predicted molar refractivity (Wildman–Crippen MR) is 42.8 cm³/mol. The first-order valence-corrected chi connectivity index (χ1v) is 3.53. The highest BCUT2D eigenvalue weighted by molar-refractivity contribution is 5.26. The fourth-order valence-corrected chi connectivity index (χ4v) is 0.941. The molecule has 60 valence electrons. The van der Waals surface area contributed by atoms with Crippen LogP contribution in [0, 0.1) is 0 Å². The van der Waals surface area contributed by atoms with Crippen LogP contribution in [0.5, 0.6) is 5.88 Å². The number of aromatic amines is 1. The van der Waals surface area contributed by atoms with Crippen LogP contribution in [0.1, 0.15) is 25.3 Å². The molecule has 0 aliphatic rings. The number of aromatic nitrogens is 1. The second-order valence-electron chi connectivity index (χ2n) is 2.78. The molecule has 0 atom stereocenters. The lowest BCUT2D eigenvalue weighted by molar-refractivity contribution is 0.441. The monoisotopic (exact) mass is 153 g/mol. The summed E-state index contributed by atoms with van der Waals surface area (Å²) < 4.78 is 0. The van der Waals surface area contributed by atoms with Crippen LogP contribution in [0.2, 0.25) is 0 Å². The fraction of sp³-hybridized carbons (Fsp3) is 0.375. The number of aromatic hydroxyl groups is 1. The smallest absolute Gasteiger partial charge is 0.250 e. The Morgan fingerprint density at radius 3 is 2.55 bits per heavy atom. The van der Waals surface area contributed by atoms with Gasteiger partial charge in [-0.2, -0.15) is 0 Å². The van der Waals surface area contributed by atoms with Crippen molar-refractivity contribution in [2.75, 3.05) is 0 Å². The van der Waals surface area contributed by atoms with Gasteiger partial charge < -0.3 is 5.11 Å². The number of nitrogens with one attached hydrogen (secondary N) is 1. The minimum absolute atomic E-state index is 0.0208. The Hall–Kier alpha value is -1.25. The third-order valence-electron chi connectivity index (χ3n) is 1.55. The molecule has 0 fully saturated rings. The van der Waals surface area contributed by atoms with Crippen LogP contribution in [-0.4, -0.2) is 10.1 Å². The van der Waals surface area contributed by atoms with E-state index in [1.165, 1.54) is 6.07 Å². The molecule has 0 saturated heterocycles. The highest BCUT2D eigenvalue weighted by Crippen LogP contribution is 2.20. The molecule has 0 amide bonds. The Balaban J connectivity index is 3.20. The third kappa shape index (κ3) is 1.61. The number of pyridine rings is 1. The number of hydrogen-bond donors (Lipinski definition) is 2. The zero-order chi connectivity index (χ0) is 8.43. The molecule has 0 saturated carbocycles. The second kappa shape index (κ2) is 2.78. The molecule has 0 aromatic carbocycles. The molecule has 1 rings (SSSR count). The Morgan fingerprint density at radius 1 is 1.45 bits per heavy atom. The molecular formula is C8H11NO2. The minimum Gasteiger partial charge on any atom is -0.494 e. The molecule has 2 N–H and O–H groups in total. The van der Waals surface area contributed by atoms with E-state index >= 15 is 0 Å². The van der Waals surface area contributed by atoms with Crippen molar-refractivity contribution in [3.05, 3.63) is 28.0 Å². The maximum atomic E-state index is 10.6. The van der Waals surface area contributed by atoms with Crippen molar-refractivity contribution < 1.29 is 5.11 Å². The molecule has 3 nitrogen and oxygen atoms in total. The van der Waals surface area contributed by atoms with Crippen LogP contribution in [0.4, 0.5) is 0 Å². The van der Waals surface area contributed by atoms with Crippen molar-refractivity contribution in [2.24, 2.45) is 0 Å². The van der Waals surface area contributed by atoms with Crippen molar-refractivity contribution in [2.45, 2.75) is 19.8 Å². The summed E-state index contributed by atoms with van der Waals surface area (Å²) in [5, 5.41) is 9.21. The van der Waals surface area contributed by atoms with Gasteiger partial charge in [-0.1, -0.05) is 13.8 Å². The lowest BCUT2D eigenvalue weighted by Crippen LogP contribution is -2.04. The molecule has 0 aliphatic heterocycles. The standard InChI is InChI=1S/C8H11NO2/c1-5(2)6-3-4-7(10)9-8(6)11/h3-5H,1-2H3,(H2,9,10,11). The van der Waals surface area contributed by atoms with Crippen LogP contribution >= 0.6 is 0 Å². The normalized spacial score (nSPS) is 10.5. The molecule has 1 heterocycles. The molecule has 3 heteroatoms. The largest absolute Gasteiger partial charge is 0.494 e. The topological polar surface area (TPSA) is 53.1 Å². The van der Waals surface area contributed by atoms with Crippen LogP contribution < -0.4 is 5.56 Å². The van der Waals surface area contributed by atoms with Gasteiger partial charge in [0.05, 0.1) is 0 Å². The number of H-pyrrole nitrogens is 1. The zero-order valence-corrected chi connectivity index (χ0v) is 6.59. The number of hydrogen-bond acceptors (Lipinski definition) is 2. The molecule has 0 unspecified atom stereocenters. The van der Waals surface area contributed by atoms with E-state index in [1.807, 2.05) is 13.8 Å². The third-order valence-corrected chi connectivity index (χ3v) is 1.55. The van der Waals surface area contributed by atoms with Gasteiger partial charge in [-0.25, -0.2) is 0 Å². The maximum absolute atomic E-state index is 10.6. The average molecular weight is 153 g/mol. The maximum Gasteiger partial charge on any atom is 0.250 e. The van der Waals surface area contributed by atoms with Crippen LogP contribution in [0.3, 0.4) is 0 Å². The summed E-state index contributed by atoms with van der Waals surface area (Å²) >= 11 is 0. The second-order valence-corrected chi connectivity index (χ2v) is 2.78. The van der Waals surface area contributed by atoms with Crippen molar-refractivity contribution in [1.29, 1.82) is 0 Å². The van der Waals surface area contributed by atoms with Crippen LogP contribution in [0.25, 0.3) is 0 Å². The highest BCUT2D eigenvalue weighted by atomic mass is 16.3. The van der Waals surface area contributed by atoms with Crippen LogP contribution in [-0.2, 0) is 0 Å². The lowest BCUT2D eigenvalue weighted by atomic mass is 10.1. The first kappa shape index (κ1) is 7.85. The van der Waals surface area contributed by atoms with Crippen molar-refractivity contribution in [3.63, 3.8) is 0 Å². The molecule has 0 radical (unpaired) electrons. The quantitative estimate of drug-likeness (QED) is 0.637. The van der Waals surface area contributed by atoms with Crippen molar-refractivity contribution >= 4 is 0 Å². The number of rotatable bonds is 1. The Labute approximate surface area is 64.7 Å². The molecule has 11 heavy (non-hydrogen) atoms. The van der Waals surface area contributed by atoms with E-state index in [9.17, 15) is 9.90 Å². The van der Waals surface area contributed by atoms with Gasteiger partial charge in [-0.05, 0) is 12.0 Å². The molecule has 1 aromatic heterocycles. The highest BCUT2D eigenvalue weighted by Gasteiger charge is 2.04. The molecule has 0 bridgehead atoms. The van der Waals surface area contributed by atoms with E-state index in [-0.39, 0.29) is 17.4 Å². The Kier molecular flexibility index (Phi) is 1.98. The molecule has 1 aromatic rings. The van der Waals surface area contributed by atoms with E-state index < -0.39 is 0 Å². The minimum atomic E-state index is -0.271. The molecular weight excluding hydrogens is 142 g/mol. The van der Waals surface area contributed by atoms with Gasteiger partial charge >= 0.3 is 0 Å². The zero-order valence-electron chi connectivity index (χ0n) is 6.59. The van der Waals surface area contributed by atoms with E-state index in [1.54, 1.807) is 6.07 Å². The summed E-state index contributed by atoms with van der Waals surface area (Å²) in [4.78, 5) is 13.0. The fourth-order valence-electron chi connectivity index (χ4n) is 0.941. The van der Waals surface area contributed by atoms with Crippen molar-refractivity contribution in [3.8, 4) is 5.88 Å². The van der Waals surface area contributed by atoms with Gasteiger partial charge in [-0.15, -0.1) is 0 Å². The molecule has 0 spiro atoms. The first-order chi connectivity index (χ1) is 5.11. The summed E-state index contributed by atoms with van der Waals surface area (Å²) in [6.45, 7) is 3.90. The van der Waals surface area contributed by atoms with Gasteiger partial charge in [0.15, 0.2) is 5.88 Å². The van der Waals surface area contributed by atoms with Gasteiger partial charge in [0.25, 0.3) is 5.56 Å².